The van der Waals surface area contributed by atoms with Crippen LogP contribution in [0.2, 0.25) is 0 Å². The zero-order chi connectivity index (χ0) is 18.8. The van der Waals surface area contributed by atoms with Crippen LogP contribution in [0.4, 0.5) is 0 Å². The van der Waals surface area contributed by atoms with Crippen molar-refractivity contribution in [3.8, 4) is 5.75 Å². The van der Waals surface area contributed by atoms with Crippen LogP contribution in [-0.2, 0) is 11.3 Å². The molecule has 1 N–H and O–H groups in total. The van der Waals surface area contributed by atoms with Gasteiger partial charge in [0.15, 0.2) is 0 Å². The van der Waals surface area contributed by atoms with Crippen molar-refractivity contribution >= 4 is 43.4 Å². The largest absolute Gasteiger partial charge is 0.497 e. The Kier molecular flexibility index (Phi) is 5.52. The highest BCUT2D eigenvalue weighted by atomic mass is 79.9. The molecule has 1 aliphatic heterocycles. The summed E-state index contributed by atoms with van der Waals surface area (Å²) in [4.78, 5) is 12.9. The molecule has 27 heavy (non-hydrogen) atoms. The Hall–Kier alpha value is -1.83. The zero-order valence-corrected chi connectivity index (χ0v) is 17.4. The van der Waals surface area contributed by atoms with Gasteiger partial charge in [0.25, 0.3) is 5.91 Å². The van der Waals surface area contributed by atoms with Gasteiger partial charge in [0, 0.05) is 19.7 Å². The monoisotopic (exact) mass is 448 g/mol. The summed E-state index contributed by atoms with van der Waals surface area (Å²) in [6.45, 7) is 1.95. The number of rotatable bonds is 6. The maximum atomic E-state index is 12.9. The molecule has 5 nitrogen and oxygen atoms in total. The lowest BCUT2D eigenvalue weighted by atomic mass is 10.2. The van der Waals surface area contributed by atoms with Gasteiger partial charge in [-0.05, 0) is 58.6 Å². The zero-order valence-electron chi connectivity index (χ0n) is 15.0. The molecule has 1 amide bonds. The highest BCUT2D eigenvalue weighted by molar-refractivity contribution is 9.11. The second-order valence-electron chi connectivity index (χ2n) is 6.61. The normalized spacial score (nSPS) is 16.7. The number of aromatic nitrogens is 1. The van der Waals surface area contributed by atoms with Crippen molar-refractivity contribution < 1.29 is 14.3 Å². The van der Waals surface area contributed by atoms with E-state index >= 15 is 0 Å². The lowest BCUT2D eigenvalue weighted by Gasteiger charge is -2.14. The minimum absolute atomic E-state index is 0.0621. The van der Waals surface area contributed by atoms with E-state index in [-0.39, 0.29) is 12.0 Å². The first-order valence-corrected chi connectivity index (χ1v) is 10.6. The Morgan fingerprint density at radius 1 is 1.41 bits per heavy atom. The molecule has 0 aliphatic carbocycles. The van der Waals surface area contributed by atoms with E-state index in [1.165, 1.54) is 0 Å². The molecule has 3 heterocycles. The summed E-state index contributed by atoms with van der Waals surface area (Å²) in [6.07, 6.45) is 2.20. The molecule has 1 atom stereocenters. The highest BCUT2D eigenvalue weighted by Crippen LogP contribution is 2.33. The number of carbonyl (C=O) groups is 1. The van der Waals surface area contributed by atoms with E-state index in [0.29, 0.717) is 18.8 Å². The lowest BCUT2D eigenvalue weighted by Crippen LogP contribution is -2.33. The molecule has 7 heteroatoms. The van der Waals surface area contributed by atoms with Gasteiger partial charge in [0.2, 0.25) is 0 Å². The van der Waals surface area contributed by atoms with Crippen LogP contribution in [0.15, 0.2) is 40.2 Å². The van der Waals surface area contributed by atoms with Gasteiger partial charge >= 0.3 is 0 Å². The molecule has 0 saturated carbocycles. The van der Waals surface area contributed by atoms with Crippen molar-refractivity contribution in [2.24, 2.45) is 0 Å². The maximum Gasteiger partial charge on any atom is 0.268 e. The smallest absolute Gasteiger partial charge is 0.268 e. The third-order valence-electron chi connectivity index (χ3n) is 4.78. The molecule has 3 aromatic rings. The van der Waals surface area contributed by atoms with Gasteiger partial charge in [-0.3, -0.25) is 4.79 Å². The lowest BCUT2D eigenvalue weighted by molar-refractivity contribution is 0.0851. The third-order valence-corrected chi connectivity index (χ3v) is 6.36. The Morgan fingerprint density at radius 2 is 2.30 bits per heavy atom. The van der Waals surface area contributed by atoms with E-state index < -0.39 is 0 Å². The number of hydrogen-bond donors (Lipinski definition) is 1. The Morgan fingerprint density at radius 3 is 3.07 bits per heavy atom. The number of benzene rings is 1. The number of halogens is 1. The van der Waals surface area contributed by atoms with Crippen molar-refractivity contribution in [3.05, 3.63) is 51.4 Å². The quantitative estimate of drug-likeness (QED) is 0.606. The number of nitrogens with one attached hydrogen (secondary N) is 1. The number of fused-ring (bicyclic) bond motifs is 1. The van der Waals surface area contributed by atoms with E-state index in [9.17, 15) is 4.79 Å². The minimum Gasteiger partial charge on any atom is -0.497 e. The van der Waals surface area contributed by atoms with E-state index in [2.05, 4.69) is 31.9 Å². The number of nitrogens with zero attached hydrogens (tertiary/aromatic N) is 1. The van der Waals surface area contributed by atoms with Crippen LogP contribution in [0.3, 0.4) is 0 Å². The predicted molar refractivity (Wildman–Crippen MR) is 111 cm³/mol. The van der Waals surface area contributed by atoms with Crippen LogP contribution >= 0.6 is 27.3 Å². The second-order valence-corrected chi connectivity index (χ2v) is 9.08. The molecule has 1 aromatic carbocycles. The SMILES string of the molecule is COc1cccc(Cn2c(C(=O)NC[C@H]3CCCO3)cc3sc(Br)cc32)c1. The number of methoxy groups -OCH3 is 1. The summed E-state index contributed by atoms with van der Waals surface area (Å²) in [7, 11) is 1.66. The molecule has 0 unspecified atom stereocenters. The number of thiophene rings is 1. The minimum atomic E-state index is -0.0621. The highest BCUT2D eigenvalue weighted by Gasteiger charge is 2.21. The average molecular weight is 449 g/mol. The van der Waals surface area contributed by atoms with E-state index in [1.54, 1.807) is 18.4 Å². The summed E-state index contributed by atoms with van der Waals surface area (Å²) in [5.74, 6) is 0.750. The van der Waals surface area contributed by atoms with Gasteiger partial charge in [0.1, 0.15) is 11.4 Å². The van der Waals surface area contributed by atoms with Crippen molar-refractivity contribution in [2.75, 3.05) is 20.3 Å². The Balaban J connectivity index is 1.62. The molecule has 0 radical (unpaired) electrons. The van der Waals surface area contributed by atoms with Gasteiger partial charge in [-0.25, -0.2) is 0 Å². The standard InChI is InChI=1S/C20H21BrN2O3S/c1-25-14-5-2-4-13(8-14)12-23-16-10-19(21)27-18(16)9-17(23)20(24)22-11-15-6-3-7-26-15/h2,4-5,8-10,15H,3,6-7,11-12H2,1H3,(H,22,24)/t15-/m1/s1. The predicted octanol–water partition coefficient (Wildman–Crippen LogP) is 4.43. The fourth-order valence-corrected chi connectivity index (χ4v) is 4.99. The Labute approximate surface area is 170 Å². The molecule has 142 valence electrons. The topological polar surface area (TPSA) is 52.5 Å². The first kappa shape index (κ1) is 18.5. The molecule has 1 fully saturated rings. The van der Waals surface area contributed by atoms with Gasteiger partial charge in [-0.2, -0.15) is 0 Å². The fraction of sp³-hybridized carbons (Fsp3) is 0.350. The van der Waals surface area contributed by atoms with E-state index in [4.69, 9.17) is 9.47 Å². The molecular weight excluding hydrogens is 428 g/mol. The summed E-state index contributed by atoms with van der Waals surface area (Å²) in [6, 6.07) is 12.0. The summed E-state index contributed by atoms with van der Waals surface area (Å²) in [5, 5.41) is 3.04. The molecule has 2 aromatic heterocycles. The summed E-state index contributed by atoms with van der Waals surface area (Å²) < 4.78 is 15.2. The second kappa shape index (κ2) is 8.04. The number of carbonyl (C=O) groups excluding carboxylic acids is 1. The van der Waals surface area contributed by atoms with Gasteiger partial charge < -0.3 is 19.4 Å². The Bertz CT molecular complexity index is 959. The first-order valence-electron chi connectivity index (χ1n) is 8.95. The van der Waals surface area contributed by atoms with Crippen molar-refractivity contribution in [3.63, 3.8) is 0 Å². The number of hydrogen-bond acceptors (Lipinski definition) is 4. The van der Waals surface area contributed by atoms with Crippen LogP contribution in [0.1, 0.15) is 28.9 Å². The summed E-state index contributed by atoms with van der Waals surface area (Å²) in [5.41, 5.74) is 2.81. The van der Waals surface area contributed by atoms with Crippen LogP contribution in [0.5, 0.6) is 5.75 Å². The molecule has 4 rings (SSSR count). The number of amides is 1. The van der Waals surface area contributed by atoms with E-state index in [0.717, 1.165) is 44.8 Å². The van der Waals surface area contributed by atoms with Crippen LogP contribution < -0.4 is 10.1 Å². The molecular formula is C20H21BrN2O3S. The average Bonchev–Trinajstić information content (AvgIpc) is 3.38. The van der Waals surface area contributed by atoms with Gasteiger partial charge in [-0.15, -0.1) is 11.3 Å². The van der Waals surface area contributed by atoms with Crippen molar-refractivity contribution in [2.45, 2.75) is 25.5 Å². The molecule has 0 spiro atoms. The third kappa shape index (κ3) is 4.05. The first-order chi connectivity index (χ1) is 13.1. The molecule has 1 aliphatic rings. The maximum absolute atomic E-state index is 12.9. The van der Waals surface area contributed by atoms with Crippen LogP contribution in [0.25, 0.3) is 10.2 Å². The number of ether oxygens (including phenoxy) is 2. The van der Waals surface area contributed by atoms with Crippen LogP contribution in [-0.4, -0.2) is 36.8 Å². The molecule has 0 bridgehead atoms. The fourth-order valence-electron chi connectivity index (χ4n) is 3.43. The van der Waals surface area contributed by atoms with Gasteiger partial charge in [-0.1, -0.05) is 12.1 Å². The summed E-state index contributed by atoms with van der Waals surface area (Å²) >= 11 is 5.18. The van der Waals surface area contributed by atoms with Crippen molar-refractivity contribution in [1.82, 2.24) is 9.88 Å². The van der Waals surface area contributed by atoms with Crippen molar-refractivity contribution in [1.29, 1.82) is 0 Å². The van der Waals surface area contributed by atoms with Crippen LogP contribution in [0, 0.1) is 0 Å². The molecule has 1 saturated heterocycles. The van der Waals surface area contributed by atoms with Gasteiger partial charge in [0.05, 0.1) is 27.2 Å². The van der Waals surface area contributed by atoms with E-state index in [1.807, 2.05) is 30.3 Å².